The van der Waals surface area contributed by atoms with E-state index in [9.17, 15) is 4.79 Å². The highest BCUT2D eigenvalue weighted by Gasteiger charge is 2.22. The molecule has 0 spiro atoms. The van der Waals surface area contributed by atoms with E-state index in [1.807, 2.05) is 55.5 Å². The summed E-state index contributed by atoms with van der Waals surface area (Å²) in [6.45, 7) is 7.06. The fourth-order valence-electron chi connectivity index (χ4n) is 3.39. The molecule has 1 aromatic heterocycles. The summed E-state index contributed by atoms with van der Waals surface area (Å²) >= 11 is 1.53. The fourth-order valence-corrected chi connectivity index (χ4v) is 4.40. The molecule has 0 radical (unpaired) electrons. The molecule has 0 bridgehead atoms. The van der Waals surface area contributed by atoms with E-state index >= 15 is 0 Å². The lowest BCUT2D eigenvalue weighted by Gasteiger charge is -2.29. The summed E-state index contributed by atoms with van der Waals surface area (Å²) < 4.78 is 17.7. The Kier molecular flexibility index (Phi) is 7.35. The van der Waals surface area contributed by atoms with E-state index in [4.69, 9.17) is 19.2 Å². The van der Waals surface area contributed by atoms with E-state index in [2.05, 4.69) is 4.90 Å². The molecule has 2 heterocycles. The second-order valence-corrected chi connectivity index (χ2v) is 8.17. The van der Waals surface area contributed by atoms with Crippen LogP contribution >= 0.6 is 11.3 Å². The number of morpholine rings is 1. The number of anilines is 1. The molecule has 0 unspecified atom stereocenters. The van der Waals surface area contributed by atoms with Crippen molar-refractivity contribution in [2.24, 2.45) is 0 Å². The monoisotopic (exact) mass is 441 g/mol. The van der Waals surface area contributed by atoms with Gasteiger partial charge in [-0.3, -0.25) is 14.6 Å². The van der Waals surface area contributed by atoms with E-state index in [-0.39, 0.29) is 12.5 Å². The Morgan fingerprint density at radius 2 is 1.81 bits per heavy atom. The Morgan fingerprint density at radius 3 is 2.52 bits per heavy atom. The predicted octanol–water partition coefficient (Wildman–Crippen LogP) is 3.44. The van der Waals surface area contributed by atoms with E-state index in [1.165, 1.54) is 11.3 Å². The smallest absolute Gasteiger partial charge is 0.266 e. The normalized spacial score (nSPS) is 14.5. The molecule has 3 aromatic rings. The van der Waals surface area contributed by atoms with Crippen molar-refractivity contribution in [2.75, 3.05) is 57.5 Å². The molecule has 4 rings (SSSR count). The SMILES string of the molecule is CCOc1ccc(OCC(=O)N(CCN2CCOCC2)c2nc3ccccc3s2)cc1. The predicted molar refractivity (Wildman–Crippen MR) is 122 cm³/mol. The Labute approximate surface area is 186 Å². The van der Waals surface area contributed by atoms with Crippen LogP contribution in [0.2, 0.25) is 0 Å². The number of carbonyl (C=O) groups is 1. The molecule has 1 fully saturated rings. The van der Waals surface area contributed by atoms with Crippen LogP contribution in [0.25, 0.3) is 10.2 Å². The maximum Gasteiger partial charge on any atom is 0.266 e. The first-order valence-electron chi connectivity index (χ1n) is 10.5. The number of hydrogen-bond acceptors (Lipinski definition) is 7. The molecule has 0 saturated carbocycles. The first-order valence-corrected chi connectivity index (χ1v) is 11.4. The van der Waals surface area contributed by atoms with Gasteiger partial charge in [-0.1, -0.05) is 23.5 Å². The van der Waals surface area contributed by atoms with Gasteiger partial charge in [0.15, 0.2) is 11.7 Å². The minimum Gasteiger partial charge on any atom is -0.494 e. The summed E-state index contributed by atoms with van der Waals surface area (Å²) in [6.07, 6.45) is 0. The number of benzene rings is 2. The summed E-state index contributed by atoms with van der Waals surface area (Å²) in [4.78, 5) is 21.9. The van der Waals surface area contributed by atoms with Gasteiger partial charge in [-0.15, -0.1) is 0 Å². The van der Waals surface area contributed by atoms with E-state index < -0.39 is 0 Å². The van der Waals surface area contributed by atoms with Crippen molar-refractivity contribution in [1.82, 2.24) is 9.88 Å². The highest BCUT2D eigenvalue weighted by molar-refractivity contribution is 7.22. The van der Waals surface area contributed by atoms with Gasteiger partial charge < -0.3 is 14.2 Å². The lowest BCUT2D eigenvalue weighted by molar-refractivity contribution is -0.120. The quantitative estimate of drug-likeness (QED) is 0.507. The van der Waals surface area contributed by atoms with Crippen LogP contribution in [0.3, 0.4) is 0 Å². The average molecular weight is 442 g/mol. The number of hydrogen-bond donors (Lipinski definition) is 0. The third-order valence-corrected chi connectivity index (χ3v) is 6.11. The molecule has 0 atom stereocenters. The Bertz CT molecular complexity index is 953. The number of amides is 1. The van der Waals surface area contributed by atoms with Crippen LogP contribution in [0.1, 0.15) is 6.92 Å². The van der Waals surface area contributed by atoms with Crippen molar-refractivity contribution in [3.8, 4) is 11.5 Å². The summed E-state index contributed by atoms with van der Waals surface area (Å²) in [5, 5.41) is 0.703. The molecule has 2 aromatic carbocycles. The number of nitrogens with zero attached hydrogens (tertiary/aromatic N) is 3. The van der Waals surface area contributed by atoms with Gasteiger partial charge in [-0.25, -0.2) is 4.98 Å². The number of aromatic nitrogens is 1. The van der Waals surface area contributed by atoms with E-state index in [0.29, 0.717) is 24.0 Å². The van der Waals surface area contributed by atoms with Crippen molar-refractivity contribution in [3.05, 3.63) is 48.5 Å². The van der Waals surface area contributed by atoms with Crippen molar-refractivity contribution >= 4 is 32.6 Å². The van der Waals surface area contributed by atoms with Gasteiger partial charge in [-0.2, -0.15) is 0 Å². The Hall–Kier alpha value is -2.68. The average Bonchev–Trinajstić information content (AvgIpc) is 3.23. The lowest BCUT2D eigenvalue weighted by Crippen LogP contribution is -2.44. The Morgan fingerprint density at radius 1 is 1.10 bits per heavy atom. The molecule has 164 valence electrons. The third kappa shape index (κ3) is 5.72. The molecular formula is C23H27N3O4S. The minimum absolute atomic E-state index is 0.0486. The second-order valence-electron chi connectivity index (χ2n) is 7.16. The number of thiazole rings is 1. The van der Waals surface area contributed by atoms with Crippen LogP contribution < -0.4 is 14.4 Å². The van der Waals surface area contributed by atoms with Crippen molar-refractivity contribution in [3.63, 3.8) is 0 Å². The van der Waals surface area contributed by atoms with Crippen LogP contribution in [0.15, 0.2) is 48.5 Å². The van der Waals surface area contributed by atoms with Crippen LogP contribution in [0.5, 0.6) is 11.5 Å². The van der Waals surface area contributed by atoms with Crippen molar-refractivity contribution < 1.29 is 19.0 Å². The number of ether oxygens (including phenoxy) is 3. The third-order valence-electron chi connectivity index (χ3n) is 5.06. The number of rotatable bonds is 9. The van der Waals surface area contributed by atoms with Crippen LogP contribution in [-0.2, 0) is 9.53 Å². The molecule has 0 N–H and O–H groups in total. The van der Waals surface area contributed by atoms with Crippen LogP contribution in [0, 0.1) is 0 Å². The van der Waals surface area contributed by atoms with Crippen molar-refractivity contribution in [2.45, 2.75) is 6.92 Å². The number of carbonyl (C=O) groups excluding carboxylic acids is 1. The standard InChI is InChI=1S/C23H27N3O4S/c1-2-29-18-7-9-19(10-8-18)30-17-22(27)26(12-11-25-13-15-28-16-14-25)23-24-20-5-3-4-6-21(20)31-23/h3-10H,2,11-17H2,1H3. The summed E-state index contributed by atoms with van der Waals surface area (Å²) in [7, 11) is 0. The maximum atomic E-state index is 13.1. The summed E-state index contributed by atoms with van der Waals surface area (Å²) in [5.74, 6) is 1.30. The Balaban J connectivity index is 1.44. The molecule has 31 heavy (non-hydrogen) atoms. The molecular weight excluding hydrogens is 414 g/mol. The largest absolute Gasteiger partial charge is 0.494 e. The van der Waals surface area contributed by atoms with Gasteiger partial charge in [0.25, 0.3) is 5.91 Å². The molecule has 7 nitrogen and oxygen atoms in total. The molecule has 1 aliphatic heterocycles. The lowest BCUT2D eigenvalue weighted by atomic mass is 10.3. The molecule has 8 heteroatoms. The number of fused-ring (bicyclic) bond motifs is 1. The molecule has 1 aliphatic rings. The summed E-state index contributed by atoms with van der Waals surface area (Å²) in [6, 6.07) is 15.2. The van der Waals surface area contributed by atoms with Gasteiger partial charge in [-0.05, 0) is 43.3 Å². The van der Waals surface area contributed by atoms with Gasteiger partial charge >= 0.3 is 0 Å². The zero-order valence-corrected chi connectivity index (χ0v) is 18.5. The van der Waals surface area contributed by atoms with E-state index in [0.717, 1.165) is 48.8 Å². The molecule has 1 amide bonds. The summed E-state index contributed by atoms with van der Waals surface area (Å²) in [5.41, 5.74) is 0.902. The van der Waals surface area contributed by atoms with Crippen LogP contribution in [-0.4, -0.2) is 68.4 Å². The van der Waals surface area contributed by atoms with Crippen molar-refractivity contribution in [1.29, 1.82) is 0 Å². The molecule has 0 aliphatic carbocycles. The highest BCUT2D eigenvalue weighted by atomic mass is 32.1. The zero-order chi connectivity index (χ0) is 21.5. The topological polar surface area (TPSA) is 64.1 Å². The van der Waals surface area contributed by atoms with Gasteiger partial charge in [0, 0.05) is 26.2 Å². The van der Waals surface area contributed by atoms with Crippen LogP contribution in [0.4, 0.5) is 5.13 Å². The van der Waals surface area contributed by atoms with Gasteiger partial charge in [0.1, 0.15) is 11.5 Å². The minimum atomic E-state index is -0.110. The second kappa shape index (κ2) is 10.6. The zero-order valence-electron chi connectivity index (χ0n) is 17.7. The van der Waals surface area contributed by atoms with Gasteiger partial charge in [0.05, 0.1) is 30.0 Å². The first kappa shape index (κ1) is 21.5. The highest BCUT2D eigenvalue weighted by Crippen LogP contribution is 2.29. The van der Waals surface area contributed by atoms with Gasteiger partial charge in [0.2, 0.25) is 0 Å². The number of para-hydroxylation sites is 1. The maximum absolute atomic E-state index is 13.1. The fraction of sp³-hybridized carbons (Fsp3) is 0.391. The van der Waals surface area contributed by atoms with E-state index in [1.54, 1.807) is 4.90 Å². The first-order chi connectivity index (χ1) is 15.2. The molecule has 1 saturated heterocycles.